The predicted molar refractivity (Wildman–Crippen MR) is 488 cm³/mol. The van der Waals surface area contributed by atoms with Crippen molar-refractivity contribution in [2.24, 2.45) is 0 Å². The van der Waals surface area contributed by atoms with E-state index >= 15 is 0 Å². The van der Waals surface area contributed by atoms with Crippen LogP contribution in [0.2, 0.25) is 0 Å². The molecule has 0 saturated carbocycles. The van der Waals surface area contributed by atoms with Crippen molar-refractivity contribution >= 4 is 141 Å². The molecule has 18 aromatic carbocycles. The Morgan fingerprint density at radius 2 is 0.644 bits per heavy atom. The average molecular weight is 1520 g/mol. The van der Waals surface area contributed by atoms with Gasteiger partial charge in [0.1, 0.15) is 32.8 Å². The van der Waals surface area contributed by atoms with E-state index in [0.717, 1.165) is 88.4 Å². The molecule has 0 N–H and O–H groups in total. The summed E-state index contributed by atoms with van der Waals surface area (Å²) in [6, 6.07) is 145. The van der Waals surface area contributed by atoms with E-state index in [9.17, 15) is 0 Å². The molecule has 0 fully saturated rings. The molecule has 6 heterocycles. The van der Waals surface area contributed by atoms with Crippen LogP contribution in [0.3, 0.4) is 0 Å². The molecule has 0 radical (unpaired) electrons. The van der Waals surface area contributed by atoms with Gasteiger partial charge in [0.2, 0.25) is 5.71 Å². The second kappa shape index (κ2) is 25.6. The predicted octanol–water partition coefficient (Wildman–Crippen LogP) is 28.1. The van der Waals surface area contributed by atoms with Gasteiger partial charge in [0.15, 0.2) is 11.6 Å². The SMILES string of the molecule is c1ccc(C2(c3ccccc3)c3ccccc3-c3ccc(-c4nc5oc6ccccc6c5nc4-n4c5cc6ccccc6cc5c5cc6ccccc6cc54)cc32)cc1.c1ccc(C2(c3ccccc3)c3ccccc3-c3ccc(-c4nc5sc6ccccc6c5nc4-n4c5cc6ccccc6cc5c5ccc6ccccc6c54)cc32)cc1. The van der Waals surface area contributed by atoms with Crippen LogP contribution in [-0.4, -0.2) is 29.1 Å². The summed E-state index contributed by atoms with van der Waals surface area (Å²) in [6.07, 6.45) is 0. The maximum Gasteiger partial charge on any atom is 0.247 e. The van der Waals surface area contributed by atoms with Gasteiger partial charge in [-0.1, -0.05) is 334 Å². The molecular formula is C110H66N6OS. The van der Waals surface area contributed by atoms with Gasteiger partial charge in [-0.05, 0) is 171 Å². The molecule has 6 aromatic heterocycles. The lowest BCUT2D eigenvalue weighted by molar-refractivity contribution is 0.653. The lowest BCUT2D eigenvalue weighted by Gasteiger charge is -2.34. The number of benzene rings is 18. The smallest absolute Gasteiger partial charge is 0.247 e. The Morgan fingerprint density at radius 3 is 1.17 bits per heavy atom. The van der Waals surface area contributed by atoms with Crippen LogP contribution in [0.15, 0.2) is 405 Å². The molecule has 24 aromatic rings. The van der Waals surface area contributed by atoms with Gasteiger partial charge in [0.25, 0.3) is 0 Å². The van der Waals surface area contributed by atoms with Crippen molar-refractivity contribution < 1.29 is 4.42 Å². The number of fused-ring (bicyclic) bond motifs is 23. The van der Waals surface area contributed by atoms with Crippen LogP contribution in [0.5, 0.6) is 0 Å². The topological polar surface area (TPSA) is 74.6 Å². The molecule has 0 atom stereocenters. The minimum absolute atomic E-state index is 0.516. The van der Waals surface area contributed by atoms with E-state index in [1.54, 1.807) is 11.3 Å². The molecule has 26 rings (SSSR count). The first-order valence-corrected chi connectivity index (χ1v) is 41.1. The summed E-state index contributed by atoms with van der Waals surface area (Å²) in [6.45, 7) is 0. The van der Waals surface area contributed by atoms with Crippen LogP contribution < -0.4 is 0 Å². The van der Waals surface area contributed by atoms with Gasteiger partial charge in [-0.25, -0.2) is 19.9 Å². The maximum atomic E-state index is 6.52. The van der Waals surface area contributed by atoms with Gasteiger partial charge in [-0.15, -0.1) is 11.3 Å². The molecule has 2 aliphatic rings. The van der Waals surface area contributed by atoms with Crippen LogP contribution in [0.1, 0.15) is 44.5 Å². The number of hydrogen-bond donors (Lipinski definition) is 0. The summed E-state index contributed by atoms with van der Waals surface area (Å²) in [7, 11) is 0. The molecule has 0 unspecified atom stereocenters. The Bertz CT molecular complexity index is 8120. The van der Waals surface area contributed by atoms with Crippen LogP contribution in [-0.2, 0) is 10.8 Å². The van der Waals surface area contributed by atoms with E-state index in [2.05, 4.69) is 391 Å². The highest BCUT2D eigenvalue weighted by Gasteiger charge is 2.48. The molecule has 2 aliphatic carbocycles. The first-order chi connectivity index (χ1) is 58.5. The van der Waals surface area contributed by atoms with Crippen molar-refractivity contribution in [1.29, 1.82) is 0 Å². The zero-order chi connectivity index (χ0) is 77.3. The standard InChI is InChI=1S/C55H33N3O.C55H33N3S/c1-3-19-39(20-4-1)55(40-21-5-2-6-22-40)46-25-13-11-23-41(46)42-28-27-38(31-47(42)55)51-53(56-52-43-24-12-14-26-50(43)59-54(52)57-51)58-48-32-36-17-9-7-15-34(36)29-44(48)45-30-35-16-8-10-18-37(35)33-49(45)58;1-3-18-38(19-4-1)55(39-20-5-2-6-21-39)46-25-13-11-23-41(46)42-29-28-37(32-47(42)55)50-53(56-51-44-24-12-14-26-49(44)59-54(51)57-50)58-48-33-36-17-8-7-16-35(36)31-45(48)43-30-27-34-15-9-10-22-40(34)52(43)58/h2*1-33H. The zero-order valence-corrected chi connectivity index (χ0v) is 64.4. The molecule has 0 saturated heterocycles. The molecule has 0 aliphatic heterocycles. The molecule has 548 valence electrons. The van der Waals surface area contributed by atoms with Gasteiger partial charge in [0, 0.05) is 53.5 Å². The number of aromatic nitrogens is 6. The number of thiophene rings is 1. The van der Waals surface area contributed by atoms with E-state index in [1.165, 1.54) is 136 Å². The van der Waals surface area contributed by atoms with E-state index in [-0.39, 0.29) is 0 Å². The number of para-hydroxylation sites is 1. The third kappa shape index (κ3) is 9.57. The maximum absolute atomic E-state index is 6.52. The molecule has 0 amide bonds. The third-order valence-electron chi connectivity index (χ3n) is 25.3. The Kier molecular flexibility index (Phi) is 14.4. The number of furan rings is 1. The number of rotatable bonds is 8. The van der Waals surface area contributed by atoms with Crippen molar-refractivity contribution in [3.05, 3.63) is 445 Å². The van der Waals surface area contributed by atoms with Gasteiger partial charge < -0.3 is 4.42 Å². The fourth-order valence-corrected chi connectivity index (χ4v) is 21.2. The van der Waals surface area contributed by atoms with E-state index in [0.29, 0.717) is 5.71 Å². The summed E-state index contributed by atoms with van der Waals surface area (Å²) in [5.74, 6) is 1.59. The Morgan fingerprint density at radius 1 is 0.254 bits per heavy atom. The normalized spacial score (nSPS) is 13.2. The highest BCUT2D eigenvalue weighted by Crippen LogP contribution is 2.60. The lowest BCUT2D eigenvalue weighted by Crippen LogP contribution is -2.28. The minimum Gasteiger partial charge on any atom is -0.436 e. The summed E-state index contributed by atoms with van der Waals surface area (Å²) in [4.78, 5) is 23.5. The summed E-state index contributed by atoms with van der Waals surface area (Å²) in [5, 5.41) is 16.3. The second-order valence-corrected chi connectivity index (χ2v) is 32.4. The quantitative estimate of drug-likeness (QED) is 0.152. The number of nitrogens with zero attached hydrogens (tertiary/aromatic N) is 6. The molecular weight excluding hydrogens is 1450 g/mol. The Labute approximate surface area is 681 Å². The van der Waals surface area contributed by atoms with Gasteiger partial charge in [-0.2, -0.15) is 0 Å². The first kappa shape index (κ1) is 66.2. The Balaban J connectivity index is 0.000000131. The number of hydrogen-bond acceptors (Lipinski definition) is 6. The molecule has 118 heavy (non-hydrogen) atoms. The second-order valence-electron chi connectivity index (χ2n) is 31.4. The van der Waals surface area contributed by atoms with Crippen molar-refractivity contribution in [1.82, 2.24) is 29.1 Å². The van der Waals surface area contributed by atoms with Crippen molar-refractivity contribution in [2.75, 3.05) is 0 Å². The van der Waals surface area contributed by atoms with E-state index in [4.69, 9.17) is 24.4 Å². The summed E-state index contributed by atoms with van der Waals surface area (Å²) >= 11 is 1.71. The van der Waals surface area contributed by atoms with Crippen LogP contribution in [0.25, 0.3) is 186 Å². The molecule has 0 bridgehead atoms. The van der Waals surface area contributed by atoms with E-state index < -0.39 is 10.8 Å². The van der Waals surface area contributed by atoms with Gasteiger partial charge in [0.05, 0.1) is 32.9 Å². The molecule has 7 nitrogen and oxygen atoms in total. The van der Waals surface area contributed by atoms with Gasteiger partial charge >= 0.3 is 0 Å². The lowest BCUT2D eigenvalue weighted by atomic mass is 9.67. The monoisotopic (exact) mass is 1520 g/mol. The van der Waals surface area contributed by atoms with Crippen LogP contribution in [0.4, 0.5) is 0 Å². The minimum atomic E-state index is -0.563. The molecule has 0 spiro atoms. The van der Waals surface area contributed by atoms with Crippen molar-refractivity contribution in [3.63, 3.8) is 0 Å². The first-order valence-electron chi connectivity index (χ1n) is 40.3. The van der Waals surface area contributed by atoms with Gasteiger partial charge in [-0.3, -0.25) is 9.13 Å². The summed E-state index contributed by atoms with van der Waals surface area (Å²) < 4.78 is 12.5. The van der Waals surface area contributed by atoms with Crippen LogP contribution >= 0.6 is 11.3 Å². The van der Waals surface area contributed by atoms with Crippen LogP contribution in [0, 0.1) is 0 Å². The zero-order valence-electron chi connectivity index (χ0n) is 63.6. The van der Waals surface area contributed by atoms with Crippen molar-refractivity contribution in [2.45, 2.75) is 10.8 Å². The highest BCUT2D eigenvalue weighted by atomic mass is 32.1. The fraction of sp³-hybridized carbons (Fsp3) is 0.0182. The molecule has 8 heteroatoms. The van der Waals surface area contributed by atoms with Crippen molar-refractivity contribution in [3.8, 4) is 56.4 Å². The Hall–Kier alpha value is -15.2. The largest absolute Gasteiger partial charge is 0.436 e. The fourth-order valence-electron chi connectivity index (χ4n) is 20.2. The highest BCUT2D eigenvalue weighted by molar-refractivity contribution is 7.25. The summed E-state index contributed by atoms with van der Waals surface area (Å²) in [5.41, 5.74) is 24.7. The average Bonchev–Trinajstić information content (AvgIpc) is 1.53. The van der Waals surface area contributed by atoms with E-state index in [1.807, 2.05) is 18.2 Å². The third-order valence-corrected chi connectivity index (χ3v) is 26.3.